The van der Waals surface area contributed by atoms with E-state index in [1.807, 2.05) is 6.92 Å². The van der Waals surface area contributed by atoms with Crippen LogP contribution in [-0.2, 0) is 11.2 Å². The van der Waals surface area contributed by atoms with Crippen LogP contribution in [0.15, 0.2) is 36.5 Å². The molecule has 172 valence electrons. The fourth-order valence-corrected chi connectivity index (χ4v) is 3.37. The molecule has 3 N–H and O–H groups in total. The predicted octanol–water partition coefficient (Wildman–Crippen LogP) is 2.39. The maximum Gasteiger partial charge on any atom is 0.573 e. The molecule has 1 saturated heterocycles. The Morgan fingerprint density at radius 2 is 1.94 bits per heavy atom. The Morgan fingerprint density at radius 3 is 2.56 bits per heavy atom. The molecule has 2 unspecified atom stereocenters. The fraction of sp³-hybridized carbons (Fsp3) is 0.381. The minimum absolute atomic E-state index is 0.00966. The highest BCUT2D eigenvalue weighted by Gasteiger charge is 2.34. The fourth-order valence-electron chi connectivity index (χ4n) is 3.37. The lowest BCUT2D eigenvalue weighted by atomic mass is 10.1. The first-order valence-corrected chi connectivity index (χ1v) is 9.82. The summed E-state index contributed by atoms with van der Waals surface area (Å²) in [4.78, 5) is 30.1. The van der Waals surface area contributed by atoms with E-state index in [2.05, 4.69) is 15.0 Å². The second-order valence-electron chi connectivity index (χ2n) is 7.49. The number of hydrogen-bond donors (Lipinski definition) is 2. The molecule has 0 saturated carbocycles. The van der Waals surface area contributed by atoms with Crippen molar-refractivity contribution in [3.05, 3.63) is 47.7 Å². The molecule has 0 spiro atoms. The second-order valence-corrected chi connectivity index (χ2v) is 7.49. The molecule has 2 aromatic rings. The molecule has 2 atom stereocenters. The van der Waals surface area contributed by atoms with Gasteiger partial charge >= 0.3 is 6.36 Å². The number of aromatic nitrogens is 1. The average molecular weight is 452 g/mol. The number of carbonyl (C=O) groups is 2. The lowest BCUT2D eigenvalue weighted by molar-refractivity contribution is -0.274. The van der Waals surface area contributed by atoms with Crippen LogP contribution in [0, 0.1) is 5.92 Å². The zero-order chi connectivity index (χ0) is 23.5. The van der Waals surface area contributed by atoms with Gasteiger partial charge in [-0.15, -0.1) is 13.2 Å². The Hall–Kier alpha value is -3.50. The van der Waals surface area contributed by atoms with Gasteiger partial charge in [0, 0.05) is 25.7 Å². The van der Waals surface area contributed by atoms with E-state index in [1.54, 1.807) is 4.90 Å². The van der Waals surface area contributed by atoms with Gasteiger partial charge in [0.05, 0.1) is 18.5 Å². The van der Waals surface area contributed by atoms with Crippen molar-refractivity contribution >= 4 is 17.6 Å². The quantitative estimate of drug-likeness (QED) is 0.697. The minimum Gasteiger partial charge on any atom is -0.484 e. The maximum atomic E-state index is 12.7. The van der Waals surface area contributed by atoms with Crippen molar-refractivity contribution in [2.75, 3.05) is 25.9 Å². The minimum atomic E-state index is -4.77. The number of rotatable bonds is 6. The van der Waals surface area contributed by atoms with Crippen molar-refractivity contribution in [2.45, 2.75) is 25.8 Å². The molecular weight excluding hydrogens is 429 g/mol. The summed E-state index contributed by atoms with van der Waals surface area (Å²) in [5.74, 6) is -0.470. The van der Waals surface area contributed by atoms with Gasteiger partial charge in [-0.3, -0.25) is 9.59 Å². The van der Waals surface area contributed by atoms with Crippen LogP contribution in [0.5, 0.6) is 11.5 Å². The van der Waals surface area contributed by atoms with Gasteiger partial charge < -0.3 is 25.4 Å². The maximum absolute atomic E-state index is 12.7. The molecule has 0 bridgehead atoms. The number of carbonyl (C=O) groups excluding carboxylic acids is 2. The summed E-state index contributed by atoms with van der Waals surface area (Å²) in [6.07, 6.45) is -3.75. The van der Waals surface area contributed by atoms with Crippen LogP contribution < -0.4 is 20.5 Å². The molecule has 0 radical (unpaired) electrons. The smallest absolute Gasteiger partial charge is 0.484 e. The number of nitrogens with one attached hydrogen (secondary N) is 1. The van der Waals surface area contributed by atoms with Crippen LogP contribution in [-0.4, -0.2) is 54.3 Å². The van der Waals surface area contributed by atoms with E-state index in [0.717, 1.165) is 0 Å². The third kappa shape index (κ3) is 5.80. The van der Waals surface area contributed by atoms with Crippen molar-refractivity contribution in [2.24, 2.45) is 5.92 Å². The summed E-state index contributed by atoms with van der Waals surface area (Å²) in [6.45, 7) is 2.67. The molecule has 11 heteroatoms. The van der Waals surface area contributed by atoms with Crippen LogP contribution in [0.25, 0.3) is 0 Å². The molecule has 1 aliphatic heterocycles. The molecule has 1 aromatic carbocycles. The summed E-state index contributed by atoms with van der Waals surface area (Å²) >= 11 is 0. The van der Waals surface area contributed by atoms with Crippen LogP contribution in [0.1, 0.15) is 22.8 Å². The van der Waals surface area contributed by atoms with Gasteiger partial charge in [0.1, 0.15) is 11.9 Å². The average Bonchev–Trinajstić information content (AvgIpc) is 3.10. The zero-order valence-electron chi connectivity index (χ0n) is 17.5. The molecule has 2 amide bonds. The van der Waals surface area contributed by atoms with Crippen LogP contribution in [0.2, 0.25) is 0 Å². The number of nitrogens with two attached hydrogens (primary N) is 1. The number of nitrogen functional groups attached to an aromatic ring is 1. The standard InChI is InChI=1S/C21H23F3N4O4/c1-12-10-28(18(29)7-13-3-5-15(6-4-13)32-21(22,23)24)11-17(12)31-16-8-14(20(30)26-2)9-27-19(16)25/h3-6,8-9,12,17H,7,10-11H2,1-2H3,(H2,25,27)(H,26,30). The SMILES string of the molecule is CNC(=O)c1cnc(N)c(OC2CN(C(=O)Cc3ccc(OC(F)(F)F)cc3)CC2C)c1. The van der Waals surface area contributed by atoms with E-state index in [1.165, 1.54) is 43.6 Å². The summed E-state index contributed by atoms with van der Waals surface area (Å²) in [5.41, 5.74) is 6.74. The highest BCUT2D eigenvalue weighted by atomic mass is 19.4. The van der Waals surface area contributed by atoms with E-state index in [9.17, 15) is 22.8 Å². The monoisotopic (exact) mass is 452 g/mol. The molecule has 2 heterocycles. The topological polar surface area (TPSA) is 107 Å². The predicted molar refractivity (Wildman–Crippen MR) is 109 cm³/mol. The van der Waals surface area contributed by atoms with Gasteiger partial charge in [0.2, 0.25) is 5.91 Å². The third-order valence-electron chi connectivity index (χ3n) is 5.06. The molecule has 32 heavy (non-hydrogen) atoms. The number of anilines is 1. The Bertz CT molecular complexity index is 982. The van der Waals surface area contributed by atoms with Crippen LogP contribution in [0.4, 0.5) is 19.0 Å². The van der Waals surface area contributed by atoms with Crippen molar-refractivity contribution in [3.63, 3.8) is 0 Å². The number of benzene rings is 1. The molecule has 0 aliphatic carbocycles. The van der Waals surface area contributed by atoms with Gasteiger partial charge in [0.25, 0.3) is 5.91 Å². The molecule has 8 nitrogen and oxygen atoms in total. The number of hydrogen-bond acceptors (Lipinski definition) is 6. The molecular formula is C21H23F3N4O4. The van der Waals surface area contributed by atoms with Crippen LogP contribution >= 0.6 is 0 Å². The van der Waals surface area contributed by atoms with Gasteiger partial charge in [-0.05, 0) is 23.8 Å². The van der Waals surface area contributed by atoms with Gasteiger partial charge in [-0.1, -0.05) is 19.1 Å². The highest BCUT2D eigenvalue weighted by molar-refractivity contribution is 5.94. The first-order valence-electron chi connectivity index (χ1n) is 9.82. The van der Waals surface area contributed by atoms with Gasteiger partial charge in [-0.2, -0.15) is 0 Å². The second kappa shape index (κ2) is 9.33. The summed E-state index contributed by atoms with van der Waals surface area (Å²) in [7, 11) is 1.50. The van der Waals surface area contributed by atoms with Crippen LogP contribution in [0.3, 0.4) is 0 Å². The summed E-state index contributed by atoms with van der Waals surface area (Å²) in [6, 6.07) is 6.68. The lowest BCUT2D eigenvalue weighted by Gasteiger charge is -2.19. The van der Waals surface area contributed by atoms with E-state index < -0.39 is 6.36 Å². The molecule has 3 rings (SSSR count). The largest absolute Gasteiger partial charge is 0.573 e. The number of likely N-dealkylation sites (tertiary alicyclic amines) is 1. The number of alkyl halides is 3. The van der Waals surface area contributed by atoms with E-state index in [4.69, 9.17) is 10.5 Å². The van der Waals surface area contributed by atoms with Crippen molar-refractivity contribution in [3.8, 4) is 11.5 Å². The summed E-state index contributed by atoms with van der Waals surface area (Å²) < 4.78 is 46.6. The van der Waals surface area contributed by atoms with E-state index >= 15 is 0 Å². The van der Waals surface area contributed by atoms with E-state index in [-0.39, 0.29) is 47.6 Å². The van der Waals surface area contributed by atoms with Crippen molar-refractivity contribution < 1.29 is 32.2 Å². The number of nitrogens with zero attached hydrogens (tertiary/aromatic N) is 2. The Labute approximate surface area is 182 Å². The van der Waals surface area contributed by atoms with E-state index in [0.29, 0.717) is 24.2 Å². The van der Waals surface area contributed by atoms with Crippen molar-refractivity contribution in [1.29, 1.82) is 0 Å². The third-order valence-corrected chi connectivity index (χ3v) is 5.06. The Kier molecular flexibility index (Phi) is 6.75. The number of ether oxygens (including phenoxy) is 2. The van der Waals surface area contributed by atoms with Gasteiger partial charge in [0.15, 0.2) is 11.6 Å². The first kappa shape index (κ1) is 23.2. The Morgan fingerprint density at radius 1 is 1.25 bits per heavy atom. The number of amides is 2. The summed E-state index contributed by atoms with van der Waals surface area (Å²) in [5, 5.41) is 2.50. The number of pyridine rings is 1. The Balaban J connectivity index is 1.61. The zero-order valence-corrected chi connectivity index (χ0v) is 17.5. The number of halogens is 3. The van der Waals surface area contributed by atoms with Gasteiger partial charge in [-0.25, -0.2) is 4.98 Å². The first-order chi connectivity index (χ1) is 15.1. The highest BCUT2D eigenvalue weighted by Crippen LogP contribution is 2.28. The molecule has 1 fully saturated rings. The normalized spacial score (nSPS) is 18.3. The van der Waals surface area contributed by atoms with Crippen molar-refractivity contribution in [1.82, 2.24) is 15.2 Å². The lowest BCUT2D eigenvalue weighted by Crippen LogP contribution is -2.32. The molecule has 1 aliphatic rings. The molecule has 1 aromatic heterocycles.